The summed E-state index contributed by atoms with van der Waals surface area (Å²) in [7, 11) is 0. The van der Waals surface area contributed by atoms with Crippen molar-refractivity contribution in [3.8, 4) is 0 Å². The van der Waals surface area contributed by atoms with E-state index in [1.807, 2.05) is 0 Å². The molecule has 0 amide bonds. The normalized spacial score (nSPS) is 31.5. The van der Waals surface area contributed by atoms with E-state index in [1.165, 1.54) is 25.7 Å². The van der Waals surface area contributed by atoms with Crippen LogP contribution >= 0.6 is 0 Å². The van der Waals surface area contributed by atoms with E-state index in [4.69, 9.17) is 10.5 Å². The van der Waals surface area contributed by atoms with Crippen LogP contribution in [0, 0.1) is 11.3 Å². The molecule has 0 bridgehead atoms. The largest absolute Gasteiger partial charge is 0.381 e. The first-order valence-electron chi connectivity index (χ1n) is 5.06. The fourth-order valence-electron chi connectivity index (χ4n) is 2.17. The minimum Gasteiger partial charge on any atom is -0.381 e. The maximum Gasteiger partial charge on any atom is 0.0469 e. The summed E-state index contributed by atoms with van der Waals surface area (Å²) in [6.45, 7) is 4.18. The van der Waals surface area contributed by atoms with E-state index < -0.39 is 0 Å². The van der Waals surface area contributed by atoms with Crippen LogP contribution < -0.4 is 5.73 Å². The lowest BCUT2D eigenvalue weighted by molar-refractivity contribution is 0.0501. The summed E-state index contributed by atoms with van der Waals surface area (Å²) in [5.74, 6) is 0.728. The van der Waals surface area contributed by atoms with Gasteiger partial charge in [0.15, 0.2) is 0 Å². The van der Waals surface area contributed by atoms with Crippen LogP contribution in [0.5, 0.6) is 0 Å². The molecule has 2 fully saturated rings. The second kappa shape index (κ2) is 3.00. The van der Waals surface area contributed by atoms with E-state index in [0.29, 0.717) is 11.5 Å². The molecule has 0 aromatic rings. The highest BCUT2D eigenvalue weighted by atomic mass is 16.5. The number of hydrogen-bond acceptors (Lipinski definition) is 2. The molecule has 2 nitrogen and oxygen atoms in total. The summed E-state index contributed by atoms with van der Waals surface area (Å²) in [6.07, 6.45) is 5.03. The van der Waals surface area contributed by atoms with Gasteiger partial charge in [-0.2, -0.15) is 0 Å². The summed E-state index contributed by atoms with van der Waals surface area (Å²) < 4.78 is 5.33. The van der Waals surface area contributed by atoms with Gasteiger partial charge >= 0.3 is 0 Å². The van der Waals surface area contributed by atoms with E-state index in [-0.39, 0.29) is 0 Å². The number of hydrogen-bond donors (Lipinski definition) is 1. The lowest BCUT2D eigenvalue weighted by Crippen LogP contribution is -2.40. The van der Waals surface area contributed by atoms with Crippen LogP contribution in [-0.2, 0) is 4.74 Å². The highest BCUT2D eigenvalue weighted by Crippen LogP contribution is 2.50. The van der Waals surface area contributed by atoms with Crippen molar-refractivity contribution >= 4 is 0 Å². The van der Waals surface area contributed by atoms with Crippen molar-refractivity contribution in [1.82, 2.24) is 0 Å². The lowest BCUT2D eigenvalue weighted by Gasteiger charge is -2.31. The summed E-state index contributed by atoms with van der Waals surface area (Å²) in [6, 6.07) is 0.432. The van der Waals surface area contributed by atoms with Gasteiger partial charge < -0.3 is 10.5 Å². The van der Waals surface area contributed by atoms with E-state index in [1.54, 1.807) is 0 Å². The fourth-order valence-corrected chi connectivity index (χ4v) is 2.17. The third-order valence-electron chi connectivity index (χ3n) is 3.62. The molecule has 12 heavy (non-hydrogen) atoms. The molecule has 1 aliphatic heterocycles. The molecule has 1 aliphatic carbocycles. The molecule has 2 rings (SSSR count). The van der Waals surface area contributed by atoms with Gasteiger partial charge in [-0.15, -0.1) is 0 Å². The van der Waals surface area contributed by atoms with Gasteiger partial charge in [-0.1, -0.05) is 6.92 Å². The van der Waals surface area contributed by atoms with Crippen LogP contribution in [0.15, 0.2) is 0 Å². The smallest absolute Gasteiger partial charge is 0.0469 e. The highest BCUT2D eigenvalue weighted by molar-refractivity contribution is 5.00. The van der Waals surface area contributed by atoms with Gasteiger partial charge in [-0.3, -0.25) is 0 Å². The van der Waals surface area contributed by atoms with Crippen LogP contribution in [0.1, 0.15) is 32.6 Å². The summed E-state index contributed by atoms with van der Waals surface area (Å²) in [5, 5.41) is 0. The second-order valence-electron chi connectivity index (χ2n) is 4.63. The zero-order valence-corrected chi connectivity index (χ0v) is 7.88. The third kappa shape index (κ3) is 1.50. The molecule has 0 aromatic heterocycles. The lowest BCUT2D eigenvalue weighted by atomic mass is 9.83. The van der Waals surface area contributed by atoms with Gasteiger partial charge in [0.05, 0.1) is 0 Å². The highest BCUT2D eigenvalue weighted by Gasteiger charge is 2.46. The predicted molar refractivity (Wildman–Crippen MR) is 48.9 cm³/mol. The zero-order chi connectivity index (χ0) is 8.60. The van der Waals surface area contributed by atoms with Crippen LogP contribution in [-0.4, -0.2) is 19.3 Å². The Morgan fingerprint density at radius 1 is 1.33 bits per heavy atom. The maximum atomic E-state index is 6.23. The Morgan fingerprint density at radius 3 is 2.42 bits per heavy atom. The van der Waals surface area contributed by atoms with Crippen LogP contribution in [0.2, 0.25) is 0 Å². The van der Waals surface area contributed by atoms with Crippen LogP contribution in [0.25, 0.3) is 0 Å². The first-order chi connectivity index (χ1) is 5.72. The molecule has 1 heterocycles. The first-order valence-corrected chi connectivity index (χ1v) is 5.06. The second-order valence-corrected chi connectivity index (χ2v) is 4.63. The quantitative estimate of drug-likeness (QED) is 0.680. The van der Waals surface area contributed by atoms with Crippen LogP contribution in [0.3, 0.4) is 0 Å². The molecule has 1 atom stereocenters. The first kappa shape index (κ1) is 8.52. The molecule has 0 aromatic carbocycles. The molecule has 0 radical (unpaired) electrons. The van der Waals surface area contributed by atoms with Gasteiger partial charge in [0.1, 0.15) is 0 Å². The molecule has 0 spiro atoms. The Labute approximate surface area is 74.5 Å². The Balaban J connectivity index is 1.89. The van der Waals surface area contributed by atoms with E-state index >= 15 is 0 Å². The Bertz CT molecular complexity index is 159. The van der Waals surface area contributed by atoms with Gasteiger partial charge in [-0.05, 0) is 37.0 Å². The van der Waals surface area contributed by atoms with E-state index in [9.17, 15) is 0 Å². The minimum atomic E-state index is 0.432. The molecule has 2 heteroatoms. The molecular weight excluding hydrogens is 150 g/mol. The Morgan fingerprint density at radius 2 is 1.92 bits per heavy atom. The third-order valence-corrected chi connectivity index (χ3v) is 3.62. The van der Waals surface area contributed by atoms with Gasteiger partial charge in [0.2, 0.25) is 0 Å². The molecule has 1 saturated heterocycles. The van der Waals surface area contributed by atoms with Crippen molar-refractivity contribution in [2.75, 3.05) is 13.2 Å². The van der Waals surface area contributed by atoms with Crippen LogP contribution in [0.4, 0.5) is 0 Å². The molecule has 2 aliphatic rings. The molecule has 1 saturated carbocycles. The van der Waals surface area contributed by atoms with Gasteiger partial charge in [0, 0.05) is 19.3 Å². The summed E-state index contributed by atoms with van der Waals surface area (Å²) >= 11 is 0. The Hall–Kier alpha value is -0.0800. The average molecular weight is 169 g/mol. The van der Waals surface area contributed by atoms with Crippen molar-refractivity contribution < 1.29 is 4.74 Å². The van der Waals surface area contributed by atoms with Gasteiger partial charge in [0.25, 0.3) is 0 Å². The van der Waals surface area contributed by atoms with Crippen molar-refractivity contribution in [2.45, 2.75) is 38.6 Å². The van der Waals surface area contributed by atoms with E-state index in [0.717, 1.165) is 19.1 Å². The fraction of sp³-hybridized carbons (Fsp3) is 1.00. The molecular formula is C10H19NO. The predicted octanol–water partition coefficient (Wildman–Crippen LogP) is 1.54. The van der Waals surface area contributed by atoms with Gasteiger partial charge in [-0.25, -0.2) is 0 Å². The topological polar surface area (TPSA) is 35.2 Å². The number of rotatable bonds is 2. The average Bonchev–Trinajstić information content (AvgIpc) is 2.85. The molecule has 1 unspecified atom stereocenters. The molecule has 70 valence electrons. The SMILES string of the molecule is CC1(C(N)C2CCOCC2)CC1. The number of ether oxygens (including phenoxy) is 1. The maximum absolute atomic E-state index is 6.23. The number of nitrogens with two attached hydrogens (primary N) is 1. The monoisotopic (exact) mass is 169 g/mol. The standard InChI is InChI=1S/C10H19NO/c1-10(4-5-10)9(11)8-2-6-12-7-3-8/h8-9H,2-7,11H2,1H3. The summed E-state index contributed by atoms with van der Waals surface area (Å²) in [5.41, 5.74) is 6.72. The Kier molecular flexibility index (Phi) is 2.13. The molecule has 2 N–H and O–H groups in total. The van der Waals surface area contributed by atoms with Crippen molar-refractivity contribution in [2.24, 2.45) is 17.1 Å². The van der Waals surface area contributed by atoms with Crippen molar-refractivity contribution in [3.63, 3.8) is 0 Å². The van der Waals surface area contributed by atoms with Crippen molar-refractivity contribution in [3.05, 3.63) is 0 Å². The van der Waals surface area contributed by atoms with Crippen molar-refractivity contribution in [1.29, 1.82) is 0 Å². The van der Waals surface area contributed by atoms with E-state index in [2.05, 4.69) is 6.92 Å². The minimum absolute atomic E-state index is 0.432. The zero-order valence-electron chi connectivity index (χ0n) is 7.88. The summed E-state index contributed by atoms with van der Waals surface area (Å²) in [4.78, 5) is 0.